The Hall–Kier alpha value is -1.88. The molecule has 0 aliphatic rings. The van der Waals surface area contributed by atoms with E-state index in [4.69, 9.17) is 11.6 Å². The van der Waals surface area contributed by atoms with Crippen LogP contribution in [0.3, 0.4) is 0 Å². The third-order valence-electron chi connectivity index (χ3n) is 3.05. The van der Waals surface area contributed by atoms with Crippen LogP contribution in [0.1, 0.15) is 36.2 Å². The van der Waals surface area contributed by atoms with Crippen molar-refractivity contribution in [3.8, 4) is 0 Å². The molecule has 0 bridgehead atoms. The molecule has 106 valence electrons. The van der Waals surface area contributed by atoms with Gasteiger partial charge in [0.05, 0.1) is 11.1 Å². The fourth-order valence-electron chi connectivity index (χ4n) is 1.93. The summed E-state index contributed by atoms with van der Waals surface area (Å²) in [5.41, 5.74) is 0.342. The summed E-state index contributed by atoms with van der Waals surface area (Å²) in [4.78, 5) is 20.6. The van der Waals surface area contributed by atoms with E-state index in [9.17, 15) is 4.79 Å². The number of halogens is 1. The topological polar surface area (TPSA) is 59.8 Å². The van der Waals surface area contributed by atoms with Crippen LogP contribution >= 0.6 is 11.6 Å². The van der Waals surface area contributed by atoms with Gasteiger partial charge in [-0.25, -0.2) is 9.97 Å². The van der Waals surface area contributed by atoms with Crippen LogP contribution in [0.2, 0.25) is 5.02 Å². The smallest absolute Gasteiger partial charge is 0.270 e. The van der Waals surface area contributed by atoms with Crippen LogP contribution in [0.25, 0.3) is 0 Å². The van der Waals surface area contributed by atoms with Gasteiger partial charge in [-0.3, -0.25) is 4.79 Å². The van der Waals surface area contributed by atoms with Crippen LogP contribution in [0, 0.1) is 5.92 Å². The fourth-order valence-corrected chi connectivity index (χ4v) is 2.04. The first-order valence-electron chi connectivity index (χ1n) is 6.38. The van der Waals surface area contributed by atoms with E-state index in [1.165, 1.54) is 6.20 Å². The second-order valence-corrected chi connectivity index (χ2v) is 5.39. The van der Waals surface area contributed by atoms with Crippen molar-refractivity contribution in [1.29, 1.82) is 0 Å². The highest BCUT2D eigenvalue weighted by atomic mass is 35.5. The minimum absolute atomic E-state index is 0.167. The average Bonchev–Trinajstić information content (AvgIpc) is 2.82. The first-order valence-corrected chi connectivity index (χ1v) is 6.76. The lowest BCUT2D eigenvalue weighted by molar-refractivity contribution is 0.0917. The molecule has 1 amide bonds. The van der Waals surface area contributed by atoms with Gasteiger partial charge in [0.15, 0.2) is 0 Å². The summed E-state index contributed by atoms with van der Waals surface area (Å²) in [6.07, 6.45) is 5.04. The number of aromatic nitrogens is 3. The monoisotopic (exact) mass is 292 g/mol. The van der Waals surface area contributed by atoms with Crippen molar-refractivity contribution < 1.29 is 4.79 Å². The second-order valence-electron chi connectivity index (χ2n) is 4.95. The SMILES string of the molecule is CC(C)C(NC(=O)c1ccc(Cl)cn1)c1nccn1C. The van der Waals surface area contributed by atoms with Crippen LogP contribution in [0.5, 0.6) is 0 Å². The second kappa shape index (κ2) is 6.05. The molecule has 0 aliphatic carbocycles. The molecule has 2 aromatic heterocycles. The summed E-state index contributed by atoms with van der Waals surface area (Å²) in [6, 6.07) is 3.09. The normalized spacial score (nSPS) is 12.4. The molecule has 1 unspecified atom stereocenters. The minimum Gasteiger partial charge on any atom is -0.340 e. The van der Waals surface area contributed by atoms with Gasteiger partial charge in [0.1, 0.15) is 11.5 Å². The molecule has 0 radical (unpaired) electrons. The number of nitrogens with one attached hydrogen (secondary N) is 1. The van der Waals surface area contributed by atoms with E-state index in [0.29, 0.717) is 10.7 Å². The molecule has 0 saturated heterocycles. The molecule has 0 fully saturated rings. The van der Waals surface area contributed by atoms with E-state index < -0.39 is 0 Å². The number of rotatable bonds is 4. The first kappa shape index (κ1) is 14.5. The predicted molar refractivity (Wildman–Crippen MR) is 77.5 cm³/mol. The summed E-state index contributed by atoms with van der Waals surface area (Å²) >= 11 is 5.77. The van der Waals surface area contributed by atoms with Crippen LogP contribution in [0.15, 0.2) is 30.7 Å². The Labute approximate surface area is 123 Å². The molecule has 6 heteroatoms. The number of aryl methyl sites for hydroxylation is 1. The fraction of sp³-hybridized carbons (Fsp3) is 0.357. The number of carbonyl (C=O) groups excluding carboxylic acids is 1. The number of amides is 1. The quantitative estimate of drug-likeness (QED) is 0.942. The molecule has 2 heterocycles. The van der Waals surface area contributed by atoms with E-state index in [0.717, 1.165) is 5.82 Å². The Kier molecular flexibility index (Phi) is 4.39. The Morgan fingerprint density at radius 2 is 2.10 bits per heavy atom. The van der Waals surface area contributed by atoms with Gasteiger partial charge in [-0.1, -0.05) is 25.4 Å². The maximum atomic E-state index is 12.2. The number of nitrogens with zero attached hydrogens (tertiary/aromatic N) is 3. The summed E-state index contributed by atoms with van der Waals surface area (Å²) in [5.74, 6) is 0.804. The number of hydrogen-bond donors (Lipinski definition) is 1. The Balaban J connectivity index is 2.19. The summed E-state index contributed by atoms with van der Waals surface area (Å²) in [5, 5.41) is 3.47. The number of imidazole rings is 1. The van der Waals surface area contributed by atoms with Crippen LogP contribution in [0.4, 0.5) is 0 Å². The largest absolute Gasteiger partial charge is 0.340 e. The van der Waals surface area contributed by atoms with E-state index in [2.05, 4.69) is 15.3 Å². The Bertz CT molecular complexity index is 591. The maximum absolute atomic E-state index is 12.2. The summed E-state index contributed by atoms with van der Waals surface area (Å²) in [7, 11) is 1.91. The van der Waals surface area contributed by atoms with Gasteiger partial charge < -0.3 is 9.88 Å². The molecule has 1 atom stereocenters. The lowest BCUT2D eigenvalue weighted by Crippen LogP contribution is -2.33. The van der Waals surface area contributed by atoms with E-state index in [1.807, 2.05) is 31.7 Å². The minimum atomic E-state index is -0.233. The van der Waals surface area contributed by atoms with Gasteiger partial charge >= 0.3 is 0 Å². The average molecular weight is 293 g/mol. The molecule has 20 heavy (non-hydrogen) atoms. The van der Waals surface area contributed by atoms with Crippen LogP contribution < -0.4 is 5.32 Å². The highest BCUT2D eigenvalue weighted by molar-refractivity contribution is 6.30. The van der Waals surface area contributed by atoms with Crippen molar-refractivity contribution in [3.63, 3.8) is 0 Å². The molecular weight excluding hydrogens is 276 g/mol. The molecule has 5 nitrogen and oxygen atoms in total. The summed E-state index contributed by atoms with van der Waals surface area (Å²) in [6.45, 7) is 4.07. The first-order chi connectivity index (χ1) is 9.49. The molecule has 2 aromatic rings. The highest BCUT2D eigenvalue weighted by Crippen LogP contribution is 2.20. The van der Waals surface area contributed by atoms with Crippen molar-refractivity contribution in [3.05, 3.63) is 47.3 Å². The van der Waals surface area contributed by atoms with Gasteiger partial charge in [-0.05, 0) is 18.1 Å². The zero-order chi connectivity index (χ0) is 14.7. The number of pyridine rings is 1. The molecule has 2 rings (SSSR count). The van der Waals surface area contributed by atoms with E-state index in [-0.39, 0.29) is 17.9 Å². The molecule has 0 aliphatic heterocycles. The van der Waals surface area contributed by atoms with Crippen molar-refractivity contribution in [2.24, 2.45) is 13.0 Å². The molecule has 0 spiro atoms. The zero-order valence-electron chi connectivity index (χ0n) is 11.7. The van der Waals surface area contributed by atoms with E-state index in [1.54, 1.807) is 18.3 Å². The van der Waals surface area contributed by atoms with Crippen LogP contribution in [-0.4, -0.2) is 20.4 Å². The van der Waals surface area contributed by atoms with Gasteiger partial charge in [0.2, 0.25) is 0 Å². The standard InChI is InChI=1S/C14H17ClN4O/c1-9(2)12(13-16-6-7-19(13)3)18-14(20)11-5-4-10(15)8-17-11/h4-9,12H,1-3H3,(H,18,20). The molecule has 1 N–H and O–H groups in total. The third kappa shape index (κ3) is 3.17. The van der Waals surface area contributed by atoms with Crippen molar-refractivity contribution in [2.45, 2.75) is 19.9 Å². The van der Waals surface area contributed by atoms with Crippen molar-refractivity contribution in [1.82, 2.24) is 19.9 Å². The predicted octanol–water partition coefficient (Wildman–Crippen LogP) is 2.60. The van der Waals surface area contributed by atoms with Gasteiger partial charge in [0.25, 0.3) is 5.91 Å². The number of hydrogen-bond acceptors (Lipinski definition) is 3. The van der Waals surface area contributed by atoms with Crippen molar-refractivity contribution in [2.75, 3.05) is 0 Å². The lowest BCUT2D eigenvalue weighted by atomic mass is 10.0. The Morgan fingerprint density at radius 1 is 1.35 bits per heavy atom. The molecular formula is C14H17ClN4O. The highest BCUT2D eigenvalue weighted by Gasteiger charge is 2.22. The zero-order valence-corrected chi connectivity index (χ0v) is 12.4. The van der Waals surface area contributed by atoms with E-state index >= 15 is 0 Å². The molecule has 0 aromatic carbocycles. The van der Waals surface area contributed by atoms with Crippen LogP contribution in [-0.2, 0) is 7.05 Å². The third-order valence-corrected chi connectivity index (χ3v) is 3.27. The summed E-state index contributed by atoms with van der Waals surface area (Å²) < 4.78 is 1.90. The van der Waals surface area contributed by atoms with Gasteiger partial charge in [-0.15, -0.1) is 0 Å². The number of carbonyl (C=O) groups is 1. The Morgan fingerprint density at radius 3 is 2.60 bits per heavy atom. The van der Waals surface area contributed by atoms with Crippen molar-refractivity contribution >= 4 is 17.5 Å². The van der Waals surface area contributed by atoms with Gasteiger partial charge in [-0.2, -0.15) is 0 Å². The lowest BCUT2D eigenvalue weighted by Gasteiger charge is -2.21. The molecule has 0 saturated carbocycles. The maximum Gasteiger partial charge on any atom is 0.270 e. The van der Waals surface area contributed by atoms with Gasteiger partial charge in [0, 0.05) is 25.6 Å².